The molecule has 2 N–H and O–H groups in total. The highest BCUT2D eigenvalue weighted by atomic mass is 32.1. The number of nitro benzene ring substituents is 1. The standard InChI is InChI=1S/C10H6N4O2S/c11-5-8-9(13-17-10(8)12)6-1-3-7(4-2-6)14(15)16/h1-4H,12H2. The van der Waals surface area contributed by atoms with Crippen molar-refractivity contribution in [2.75, 3.05) is 5.73 Å². The van der Waals surface area contributed by atoms with Crippen LogP contribution in [0.1, 0.15) is 5.56 Å². The largest absolute Gasteiger partial charge is 0.388 e. The molecule has 1 aromatic heterocycles. The van der Waals surface area contributed by atoms with Gasteiger partial charge in [-0.25, -0.2) is 0 Å². The SMILES string of the molecule is N#Cc1c(-c2ccc([N+](=O)[O-])cc2)nsc1N. The number of nitrogen functional groups attached to an aromatic ring is 1. The van der Waals surface area contributed by atoms with Gasteiger partial charge in [-0.1, -0.05) is 0 Å². The molecular weight excluding hydrogens is 240 g/mol. The summed E-state index contributed by atoms with van der Waals surface area (Å²) in [4.78, 5) is 10.0. The van der Waals surface area contributed by atoms with Gasteiger partial charge in [0.15, 0.2) is 0 Å². The Labute approximate surface area is 100 Å². The maximum atomic E-state index is 10.5. The number of nitrogens with two attached hydrogens (primary N) is 1. The molecular formula is C10H6N4O2S. The molecule has 0 atom stereocenters. The van der Waals surface area contributed by atoms with Gasteiger partial charge in [0.1, 0.15) is 22.3 Å². The van der Waals surface area contributed by atoms with Crippen molar-refractivity contribution in [3.8, 4) is 17.3 Å². The molecule has 17 heavy (non-hydrogen) atoms. The highest BCUT2D eigenvalue weighted by Gasteiger charge is 2.14. The summed E-state index contributed by atoms with van der Waals surface area (Å²) in [5.41, 5.74) is 7.00. The molecule has 1 heterocycles. The zero-order valence-electron chi connectivity index (χ0n) is 8.45. The van der Waals surface area contributed by atoms with E-state index < -0.39 is 4.92 Å². The number of rotatable bonds is 2. The molecule has 0 fully saturated rings. The van der Waals surface area contributed by atoms with Crippen molar-refractivity contribution in [2.24, 2.45) is 0 Å². The maximum absolute atomic E-state index is 10.5. The highest BCUT2D eigenvalue weighted by Crippen LogP contribution is 2.30. The molecule has 6 nitrogen and oxygen atoms in total. The zero-order chi connectivity index (χ0) is 12.4. The number of nitro groups is 1. The van der Waals surface area contributed by atoms with Crippen LogP contribution in [0.4, 0.5) is 10.7 Å². The van der Waals surface area contributed by atoms with Crippen LogP contribution in [0.25, 0.3) is 11.3 Å². The smallest absolute Gasteiger partial charge is 0.269 e. The number of nitriles is 1. The summed E-state index contributed by atoms with van der Waals surface area (Å²) >= 11 is 1.03. The van der Waals surface area contributed by atoms with Gasteiger partial charge in [0, 0.05) is 17.7 Å². The summed E-state index contributed by atoms with van der Waals surface area (Å²) in [6.45, 7) is 0. The van der Waals surface area contributed by atoms with E-state index >= 15 is 0 Å². The molecule has 0 unspecified atom stereocenters. The molecule has 0 spiro atoms. The third-order valence-electron chi connectivity index (χ3n) is 2.18. The van der Waals surface area contributed by atoms with Gasteiger partial charge in [0.2, 0.25) is 0 Å². The Bertz CT molecular complexity index is 612. The minimum absolute atomic E-state index is 0.00420. The van der Waals surface area contributed by atoms with Crippen LogP contribution in [0.3, 0.4) is 0 Å². The first-order valence-corrected chi connectivity index (χ1v) is 5.31. The second kappa shape index (κ2) is 4.19. The average Bonchev–Trinajstić information content (AvgIpc) is 2.70. The topological polar surface area (TPSA) is 106 Å². The van der Waals surface area contributed by atoms with Gasteiger partial charge in [-0.05, 0) is 23.7 Å². The van der Waals surface area contributed by atoms with Crippen molar-refractivity contribution < 1.29 is 4.92 Å². The number of anilines is 1. The van der Waals surface area contributed by atoms with E-state index in [1.165, 1.54) is 12.1 Å². The van der Waals surface area contributed by atoms with Crippen molar-refractivity contribution in [1.82, 2.24) is 4.37 Å². The summed E-state index contributed by atoms with van der Waals surface area (Å²) in [6, 6.07) is 7.80. The number of non-ortho nitro benzene ring substituents is 1. The molecule has 2 aromatic rings. The van der Waals surface area contributed by atoms with Crippen LogP contribution in [0.2, 0.25) is 0 Å². The quantitative estimate of drug-likeness (QED) is 0.645. The number of aromatic nitrogens is 1. The second-order valence-electron chi connectivity index (χ2n) is 3.19. The van der Waals surface area contributed by atoms with Crippen molar-refractivity contribution in [2.45, 2.75) is 0 Å². The predicted molar refractivity (Wildman–Crippen MR) is 63.3 cm³/mol. The minimum atomic E-state index is -0.482. The van der Waals surface area contributed by atoms with Crippen LogP contribution in [0, 0.1) is 21.4 Å². The van der Waals surface area contributed by atoms with E-state index in [1.54, 1.807) is 12.1 Å². The summed E-state index contributed by atoms with van der Waals surface area (Å²) in [6.07, 6.45) is 0. The van der Waals surface area contributed by atoms with Crippen molar-refractivity contribution in [3.63, 3.8) is 0 Å². The van der Waals surface area contributed by atoms with Crippen LogP contribution in [-0.2, 0) is 0 Å². The lowest BCUT2D eigenvalue weighted by atomic mass is 10.1. The molecule has 84 valence electrons. The third-order valence-corrected chi connectivity index (χ3v) is 2.86. The molecule has 0 aliphatic rings. The Morgan fingerprint density at radius 1 is 1.41 bits per heavy atom. The lowest BCUT2D eigenvalue weighted by Crippen LogP contribution is -1.89. The molecule has 0 saturated heterocycles. The Kier molecular flexibility index (Phi) is 2.72. The van der Waals surface area contributed by atoms with Crippen LogP contribution in [0.5, 0.6) is 0 Å². The number of hydrogen-bond acceptors (Lipinski definition) is 6. The summed E-state index contributed by atoms with van der Waals surface area (Å²) in [5, 5.41) is 19.8. The maximum Gasteiger partial charge on any atom is 0.269 e. The summed E-state index contributed by atoms with van der Waals surface area (Å²) in [7, 11) is 0. The molecule has 0 saturated carbocycles. The summed E-state index contributed by atoms with van der Waals surface area (Å²) in [5.74, 6) is 0. The Hall–Kier alpha value is -2.46. The van der Waals surface area contributed by atoms with Gasteiger partial charge in [-0.3, -0.25) is 10.1 Å². The van der Waals surface area contributed by atoms with Gasteiger partial charge in [0.05, 0.1) is 4.92 Å². The second-order valence-corrected chi connectivity index (χ2v) is 3.99. The first-order valence-electron chi connectivity index (χ1n) is 4.53. The van der Waals surface area contributed by atoms with Crippen molar-refractivity contribution in [1.29, 1.82) is 5.26 Å². The van der Waals surface area contributed by atoms with Gasteiger partial charge >= 0.3 is 0 Å². The molecule has 0 amide bonds. The average molecular weight is 246 g/mol. The highest BCUT2D eigenvalue weighted by molar-refractivity contribution is 7.10. The van der Waals surface area contributed by atoms with Gasteiger partial charge in [0.25, 0.3) is 5.69 Å². The Morgan fingerprint density at radius 3 is 2.59 bits per heavy atom. The van der Waals surface area contributed by atoms with Gasteiger partial charge in [-0.15, -0.1) is 0 Å². The van der Waals surface area contributed by atoms with Crippen molar-refractivity contribution >= 4 is 22.2 Å². The zero-order valence-corrected chi connectivity index (χ0v) is 9.27. The van der Waals surface area contributed by atoms with E-state index in [2.05, 4.69) is 4.37 Å². The van der Waals surface area contributed by atoms with Crippen LogP contribution < -0.4 is 5.73 Å². The van der Waals surface area contributed by atoms with E-state index in [9.17, 15) is 10.1 Å². The number of nitrogens with zero attached hydrogens (tertiary/aromatic N) is 3. The fourth-order valence-electron chi connectivity index (χ4n) is 1.35. The molecule has 0 aliphatic carbocycles. The summed E-state index contributed by atoms with van der Waals surface area (Å²) < 4.78 is 4.06. The lowest BCUT2D eigenvalue weighted by Gasteiger charge is -1.97. The first kappa shape index (κ1) is 11.0. The molecule has 1 aromatic carbocycles. The fraction of sp³-hybridized carbons (Fsp3) is 0. The van der Waals surface area contributed by atoms with Gasteiger partial charge in [-0.2, -0.15) is 9.64 Å². The predicted octanol–water partition coefficient (Wildman–Crippen LogP) is 2.17. The normalized spacial score (nSPS) is 9.82. The van der Waals surface area contributed by atoms with Crippen LogP contribution in [-0.4, -0.2) is 9.30 Å². The molecule has 2 rings (SSSR count). The lowest BCUT2D eigenvalue weighted by molar-refractivity contribution is -0.384. The molecule has 0 bridgehead atoms. The number of hydrogen-bond donors (Lipinski definition) is 1. The Balaban J connectivity index is 2.47. The number of benzene rings is 1. The molecule has 0 aliphatic heterocycles. The van der Waals surface area contributed by atoms with E-state index in [0.29, 0.717) is 21.8 Å². The van der Waals surface area contributed by atoms with E-state index in [0.717, 1.165) is 11.5 Å². The van der Waals surface area contributed by atoms with E-state index in [4.69, 9.17) is 11.0 Å². The van der Waals surface area contributed by atoms with Crippen LogP contribution in [0.15, 0.2) is 24.3 Å². The Morgan fingerprint density at radius 2 is 2.06 bits per heavy atom. The van der Waals surface area contributed by atoms with E-state index in [1.807, 2.05) is 6.07 Å². The van der Waals surface area contributed by atoms with E-state index in [-0.39, 0.29) is 5.69 Å². The molecule has 0 radical (unpaired) electrons. The fourth-order valence-corrected chi connectivity index (χ4v) is 1.97. The minimum Gasteiger partial charge on any atom is -0.388 e. The molecule has 7 heteroatoms. The van der Waals surface area contributed by atoms with Crippen molar-refractivity contribution in [3.05, 3.63) is 39.9 Å². The third kappa shape index (κ3) is 1.93. The monoisotopic (exact) mass is 246 g/mol. The first-order chi connectivity index (χ1) is 8.13. The van der Waals surface area contributed by atoms with Crippen LogP contribution >= 0.6 is 11.5 Å². The van der Waals surface area contributed by atoms with Gasteiger partial charge < -0.3 is 5.73 Å².